The summed E-state index contributed by atoms with van der Waals surface area (Å²) in [6, 6.07) is 16.0. The van der Waals surface area contributed by atoms with Crippen LogP contribution in [0.25, 0.3) is 5.69 Å². The molecule has 144 valence electrons. The predicted molar refractivity (Wildman–Crippen MR) is 110 cm³/mol. The quantitative estimate of drug-likeness (QED) is 0.692. The van der Waals surface area contributed by atoms with Gasteiger partial charge in [0.25, 0.3) is 0 Å². The number of hydrogen-bond acceptors (Lipinski definition) is 3. The van der Waals surface area contributed by atoms with Crippen LogP contribution in [0.15, 0.2) is 48.5 Å². The van der Waals surface area contributed by atoms with Crippen molar-refractivity contribution in [2.75, 3.05) is 18.6 Å². The molecule has 28 heavy (non-hydrogen) atoms. The van der Waals surface area contributed by atoms with Crippen LogP contribution in [-0.4, -0.2) is 29.3 Å². The molecule has 0 saturated heterocycles. The van der Waals surface area contributed by atoms with E-state index < -0.39 is 0 Å². The first kappa shape index (κ1) is 18.3. The molecule has 2 aromatic carbocycles. The molecule has 1 aliphatic heterocycles. The number of aryl methyl sites for hydroxylation is 2. The number of aromatic nitrogens is 2. The van der Waals surface area contributed by atoms with Gasteiger partial charge < -0.3 is 9.64 Å². The summed E-state index contributed by atoms with van der Waals surface area (Å²) in [5.41, 5.74) is 6.00. The van der Waals surface area contributed by atoms with Gasteiger partial charge in [0, 0.05) is 17.8 Å². The van der Waals surface area contributed by atoms with Gasteiger partial charge in [-0.05, 0) is 50.5 Å². The zero-order chi connectivity index (χ0) is 19.7. The molecule has 1 aromatic heterocycles. The monoisotopic (exact) mass is 375 g/mol. The second kappa shape index (κ2) is 7.50. The molecule has 4 rings (SSSR count). The maximum Gasteiger partial charge on any atom is 0.231 e. The number of amides is 1. The van der Waals surface area contributed by atoms with Crippen LogP contribution in [0.1, 0.15) is 28.9 Å². The van der Waals surface area contributed by atoms with Crippen LogP contribution in [0.5, 0.6) is 5.75 Å². The highest BCUT2D eigenvalue weighted by molar-refractivity contribution is 5.97. The predicted octanol–water partition coefficient (Wildman–Crippen LogP) is 4.02. The summed E-state index contributed by atoms with van der Waals surface area (Å²) in [7, 11) is 1.66. The number of carbonyl (C=O) groups is 1. The fraction of sp³-hybridized carbons (Fsp3) is 0.304. The maximum atomic E-state index is 13.3. The van der Waals surface area contributed by atoms with Crippen molar-refractivity contribution in [3.8, 4) is 11.4 Å². The van der Waals surface area contributed by atoms with Crippen molar-refractivity contribution in [1.29, 1.82) is 0 Å². The van der Waals surface area contributed by atoms with Gasteiger partial charge in [0.15, 0.2) is 0 Å². The number of methoxy groups -OCH3 is 1. The summed E-state index contributed by atoms with van der Waals surface area (Å²) >= 11 is 0. The molecule has 0 N–H and O–H groups in total. The summed E-state index contributed by atoms with van der Waals surface area (Å²) in [5, 5.41) is 4.68. The number of benzene rings is 2. The molecule has 0 bridgehead atoms. The molecule has 0 unspecified atom stereocenters. The minimum atomic E-state index is 0.0873. The average Bonchev–Trinajstić information content (AvgIpc) is 3.01. The van der Waals surface area contributed by atoms with Crippen molar-refractivity contribution in [2.24, 2.45) is 0 Å². The number of ether oxygens (including phenoxy) is 1. The van der Waals surface area contributed by atoms with Gasteiger partial charge >= 0.3 is 0 Å². The van der Waals surface area contributed by atoms with Gasteiger partial charge in [0.2, 0.25) is 5.91 Å². The van der Waals surface area contributed by atoms with Crippen LogP contribution in [-0.2, 0) is 17.6 Å². The van der Waals surface area contributed by atoms with Crippen LogP contribution in [0.3, 0.4) is 0 Å². The lowest BCUT2D eigenvalue weighted by atomic mass is 9.99. The number of nitrogens with zero attached hydrogens (tertiary/aromatic N) is 3. The zero-order valence-corrected chi connectivity index (χ0v) is 16.6. The van der Waals surface area contributed by atoms with E-state index in [-0.39, 0.29) is 5.91 Å². The molecule has 0 aliphatic carbocycles. The Kier molecular flexibility index (Phi) is 4.90. The zero-order valence-electron chi connectivity index (χ0n) is 16.6. The Balaban J connectivity index is 1.65. The molecule has 0 fully saturated rings. The molecule has 5 nitrogen and oxygen atoms in total. The molecule has 0 spiro atoms. The lowest BCUT2D eigenvalue weighted by Crippen LogP contribution is -2.37. The van der Waals surface area contributed by atoms with Crippen molar-refractivity contribution in [1.82, 2.24) is 9.78 Å². The summed E-state index contributed by atoms with van der Waals surface area (Å²) in [6.45, 7) is 4.72. The van der Waals surface area contributed by atoms with Gasteiger partial charge in [0.05, 0.1) is 30.6 Å². The van der Waals surface area contributed by atoms with E-state index >= 15 is 0 Å². The molecular formula is C23H25N3O2. The largest absolute Gasteiger partial charge is 0.495 e. The number of hydrogen-bond donors (Lipinski definition) is 0. The lowest BCUT2D eigenvalue weighted by Gasteiger charge is -2.31. The SMILES string of the molecule is COc1cccc2c1N(C(=O)Cc1c(C)nn(-c3ccccc3)c1C)CCC2. The van der Waals surface area contributed by atoms with E-state index in [0.29, 0.717) is 6.42 Å². The molecule has 5 heteroatoms. The first-order valence-corrected chi connectivity index (χ1v) is 9.67. The van der Waals surface area contributed by atoms with Gasteiger partial charge in [-0.15, -0.1) is 0 Å². The molecule has 0 radical (unpaired) electrons. The second-order valence-electron chi connectivity index (χ2n) is 7.19. The normalized spacial score (nSPS) is 13.3. The van der Waals surface area contributed by atoms with Crippen molar-refractivity contribution >= 4 is 11.6 Å². The molecule has 2 heterocycles. The van der Waals surface area contributed by atoms with Crippen molar-refractivity contribution in [3.05, 3.63) is 71.0 Å². The Morgan fingerprint density at radius 1 is 1.11 bits per heavy atom. The van der Waals surface area contributed by atoms with Crippen molar-refractivity contribution in [3.63, 3.8) is 0 Å². The van der Waals surface area contributed by atoms with E-state index in [1.165, 1.54) is 5.56 Å². The van der Waals surface area contributed by atoms with Crippen molar-refractivity contribution < 1.29 is 9.53 Å². The van der Waals surface area contributed by atoms with Crippen LogP contribution < -0.4 is 9.64 Å². The smallest absolute Gasteiger partial charge is 0.231 e. The van der Waals surface area contributed by atoms with Gasteiger partial charge in [0.1, 0.15) is 5.75 Å². The number of carbonyl (C=O) groups excluding carboxylic acids is 1. The van der Waals surface area contributed by atoms with Gasteiger partial charge in [-0.25, -0.2) is 4.68 Å². The minimum absolute atomic E-state index is 0.0873. The minimum Gasteiger partial charge on any atom is -0.495 e. The van der Waals surface area contributed by atoms with Gasteiger partial charge in [-0.1, -0.05) is 30.3 Å². The highest BCUT2D eigenvalue weighted by Gasteiger charge is 2.27. The van der Waals surface area contributed by atoms with Gasteiger partial charge in [-0.2, -0.15) is 5.10 Å². The molecule has 1 aliphatic rings. The fourth-order valence-corrected chi connectivity index (χ4v) is 4.03. The third-order valence-electron chi connectivity index (χ3n) is 5.47. The van der Waals surface area contributed by atoms with Crippen LogP contribution in [0.4, 0.5) is 5.69 Å². The molecule has 0 atom stereocenters. The third-order valence-corrected chi connectivity index (χ3v) is 5.47. The Morgan fingerprint density at radius 2 is 1.89 bits per heavy atom. The Morgan fingerprint density at radius 3 is 2.64 bits per heavy atom. The highest BCUT2D eigenvalue weighted by atomic mass is 16.5. The Labute approximate surface area is 165 Å². The van der Waals surface area contributed by atoms with Crippen molar-refractivity contribution in [2.45, 2.75) is 33.1 Å². The van der Waals surface area contributed by atoms with E-state index in [9.17, 15) is 4.79 Å². The first-order chi connectivity index (χ1) is 13.6. The summed E-state index contributed by atoms with van der Waals surface area (Å²) in [5.74, 6) is 0.850. The topological polar surface area (TPSA) is 47.4 Å². The standard InChI is InChI=1S/C23H25N3O2/c1-16-20(17(2)26(24-16)19-11-5-4-6-12-19)15-22(27)25-14-8-10-18-9-7-13-21(28-3)23(18)25/h4-7,9,11-13H,8,10,14-15H2,1-3H3. The number of rotatable bonds is 4. The Bertz CT molecular complexity index is 994. The third kappa shape index (κ3) is 3.17. The molecular weight excluding hydrogens is 350 g/mol. The van der Waals surface area contributed by atoms with Gasteiger partial charge in [-0.3, -0.25) is 4.79 Å². The Hall–Kier alpha value is -3.08. The molecule has 3 aromatic rings. The maximum absolute atomic E-state index is 13.3. The average molecular weight is 375 g/mol. The van der Waals surface area contributed by atoms with E-state index in [2.05, 4.69) is 11.2 Å². The molecule has 0 saturated carbocycles. The lowest BCUT2D eigenvalue weighted by molar-refractivity contribution is -0.118. The first-order valence-electron chi connectivity index (χ1n) is 9.67. The number of anilines is 1. The van der Waals surface area contributed by atoms with Crippen LogP contribution in [0.2, 0.25) is 0 Å². The fourth-order valence-electron chi connectivity index (χ4n) is 4.03. The molecule has 1 amide bonds. The van der Waals surface area contributed by atoms with Crippen LogP contribution in [0, 0.1) is 13.8 Å². The van der Waals surface area contributed by atoms with E-state index in [1.54, 1.807) is 7.11 Å². The number of para-hydroxylation sites is 2. The van der Waals surface area contributed by atoms with Crippen LogP contribution >= 0.6 is 0 Å². The summed E-state index contributed by atoms with van der Waals surface area (Å²) < 4.78 is 7.46. The van der Waals surface area contributed by atoms with E-state index in [1.807, 2.05) is 65.9 Å². The number of fused-ring (bicyclic) bond motifs is 1. The summed E-state index contributed by atoms with van der Waals surface area (Å²) in [4.78, 5) is 15.2. The van der Waals surface area contributed by atoms with E-state index in [0.717, 1.165) is 53.5 Å². The summed E-state index contributed by atoms with van der Waals surface area (Å²) in [6.07, 6.45) is 2.27. The van der Waals surface area contributed by atoms with E-state index in [4.69, 9.17) is 4.74 Å². The second-order valence-corrected chi connectivity index (χ2v) is 7.19. The highest BCUT2D eigenvalue weighted by Crippen LogP contribution is 2.36.